The fraction of sp³-hybridized carbons (Fsp3) is 0.300. The number of nitrogen functional groups attached to an aromatic ring is 1. The number of anilines is 1. The van der Waals surface area contributed by atoms with Crippen LogP contribution < -0.4 is 5.73 Å². The molecule has 0 spiro atoms. The first-order valence-electron chi connectivity index (χ1n) is 8.82. The summed E-state index contributed by atoms with van der Waals surface area (Å²) in [4.78, 5) is 19.9. The van der Waals surface area contributed by atoms with Gasteiger partial charge in [-0.05, 0) is 24.1 Å². The van der Waals surface area contributed by atoms with Crippen LogP contribution in [0.5, 0.6) is 0 Å². The van der Waals surface area contributed by atoms with Crippen LogP contribution in [0.25, 0.3) is 0 Å². The van der Waals surface area contributed by atoms with Gasteiger partial charge in [-0.25, -0.2) is 9.97 Å². The van der Waals surface area contributed by atoms with Gasteiger partial charge in [-0.1, -0.05) is 30.3 Å². The van der Waals surface area contributed by atoms with Crippen LogP contribution in [-0.4, -0.2) is 47.1 Å². The number of allylic oxidation sites excluding steroid dienone is 1. The summed E-state index contributed by atoms with van der Waals surface area (Å²) in [5.41, 5.74) is 9.25. The van der Waals surface area contributed by atoms with Crippen molar-refractivity contribution in [1.29, 1.82) is 0 Å². The summed E-state index contributed by atoms with van der Waals surface area (Å²) < 4.78 is 0. The molecule has 132 valence electrons. The minimum Gasteiger partial charge on any atom is -0.377 e. The van der Waals surface area contributed by atoms with E-state index < -0.39 is 0 Å². The van der Waals surface area contributed by atoms with Crippen molar-refractivity contribution in [3.63, 3.8) is 0 Å². The first-order valence-corrected chi connectivity index (χ1v) is 8.82. The van der Waals surface area contributed by atoms with Crippen LogP contribution in [0.1, 0.15) is 17.2 Å². The summed E-state index contributed by atoms with van der Waals surface area (Å²) in [5.74, 6) is 0.505. The molecule has 2 aliphatic rings. The molecule has 6 heteroatoms. The molecule has 0 aliphatic carbocycles. The number of hydrogen-bond acceptors (Lipinski definition) is 6. The number of nitrogens with zero attached hydrogens (tertiary/aromatic N) is 5. The number of nitrogens with two attached hydrogens (primary N) is 1. The normalized spacial score (nSPS) is 23.6. The molecule has 1 aromatic carbocycles. The molecule has 3 unspecified atom stereocenters. The van der Waals surface area contributed by atoms with E-state index in [2.05, 4.69) is 62.2 Å². The lowest BCUT2D eigenvalue weighted by atomic mass is 9.85. The highest BCUT2D eigenvalue weighted by atomic mass is 15.2. The lowest BCUT2D eigenvalue weighted by Crippen LogP contribution is -2.34. The molecule has 2 N–H and O–H groups in total. The zero-order valence-corrected chi connectivity index (χ0v) is 14.7. The van der Waals surface area contributed by atoms with E-state index in [1.165, 1.54) is 11.3 Å². The second kappa shape index (κ2) is 7.07. The number of fused-ring (bicyclic) bond motifs is 1. The molecule has 3 atom stereocenters. The third-order valence-electron chi connectivity index (χ3n) is 4.99. The largest absolute Gasteiger partial charge is 0.377 e. The molecule has 0 radical (unpaired) electrons. The third-order valence-corrected chi connectivity index (χ3v) is 4.99. The standard InChI is InChI=1S/C20H22N6/c1-26(12-9-14-5-3-2-4-6-14)17-8-11-22-19-18(17)15(13-24-19)16-7-10-23-20(21)25-16/h2-8,10-11,13,15,18-19H,9,12H2,1H3,(H2,21,23,25). The van der Waals surface area contributed by atoms with Crippen LogP contribution in [0.3, 0.4) is 0 Å². The lowest BCUT2D eigenvalue weighted by molar-refractivity contribution is 0.331. The van der Waals surface area contributed by atoms with Gasteiger partial charge in [0.1, 0.15) is 6.17 Å². The lowest BCUT2D eigenvalue weighted by Gasteiger charge is -2.33. The average molecular weight is 346 g/mol. The van der Waals surface area contributed by atoms with Gasteiger partial charge >= 0.3 is 0 Å². The average Bonchev–Trinajstić information content (AvgIpc) is 3.11. The van der Waals surface area contributed by atoms with Gasteiger partial charge in [0.15, 0.2) is 0 Å². The summed E-state index contributed by atoms with van der Waals surface area (Å²) in [7, 11) is 2.13. The monoisotopic (exact) mass is 346 g/mol. The van der Waals surface area contributed by atoms with Gasteiger partial charge in [-0.3, -0.25) is 9.98 Å². The predicted octanol–water partition coefficient (Wildman–Crippen LogP) is 2.31. The minimum absolute atomic E-state index is 0.0631. The molecule has 1 aromatic heterocycles. The fourth-order valence-corrected chi connectivity index (χ4v) is 3.63. The number of aliphatic imine (C=N–C) groups is 2. The van der Waals surface area contributed by atoms with E-state index in [0.717, 1.165) is 18.7 Å². The highest BCUT2D eigenvalue weighted by Crippen LogP contribution is 2.39. The Bertz CT molecular complexity index is 858. The molecule has 26 heavy (non-hydrogen) atoms. The summed E-state index contributed by atoms with van der Waals surface area (Å²) in [6, 6.07) is 12.5. The number of dihydropyridines is 1. The Kier molecular flexibility index (Phi) is 4.48. The molecule has 0 bridgehead atoms. The van der Waals surface area contributed by atoms with Crippen LogP contribution in [-0.2, 0) is 6.42 Å². The Morgan fingerprint density at radius 1 is 1.12 bits per heavy atom. The Hall–Kier alpha value is -3.02. The molecule has 4 rings (SSSR count). The van der Waals surface area contributed by atoms with Crippen molar-refractivity contribution >= 4 is 18.4 Å². The van der Waals surface area contributed by atoms with Crippen LogP contribution >= 0.6 is 0 Å². The second-order valence-corrected chi connectivity index (χ2v) is 6.65. The summed E-state index contributed by atoms with van der Waals surface area (Å²) in [6.07, 6.45) is 8.53. The van der Waals surface area contributed by atoms with Crippen molar-refractivity contribution < 1.29 is 0 Å². The minimum atomic E-state index is -0.0876. The van der Waals surface area contributed by atoms with Crippen LogP contribution in [0.15, 0.2) is 64.4 Å². The Morgan fingerprint density at radius 3 is 2.77 bits per heavy atom. The van der Waals surface area contributed by atoms with E-state index in [1.807, 2.05) is 24.6 Å². The summed E-state index contributed by atoms with van der Waals surface area (Å²) in [6.45, 7) is 0.936. The Labute approximate surface area is 153 Å². The van der Waals surface area contributed by atoms with E-state index in [1.54, 1.807) is 6.20 Å². The van der Waals surface area contributed by atoms with E-state index in [-0.39, 0.29) is 18.0 Å². The molecule has 2 aliphatic heterocycles. The van der Waals surface area contributed by atoms with E-state index in [4.69, 9.17) is 5.73 Å². The quantitative estimate of drug-likeness (QED) is 0.901. The van der Waals surface area contributed by atoms with Gasteiger partial charge in [0.05, 0.1) is 11.6 Å². The van der Waals surface area contributed by atoms with Crippen LogP contribution in [0, 0.1) is 5.92 Å². The number of rotatable bonds is 5. The smallest absolute Gasteiger partial charge is 0.220 e. The van der Waals surface area contributed by atoms with Crippen molar-refractivity contribution in [2.24, 2.45) is 15.9 Å². The number of aromatic nitrogens is 2. The number of benzene rings is 1. The first kappa shape index (κ1) is 16.4. The molecule has 0 saturated heterocycles. The second-order valence-electron chi connectivity index (χ2n) is 6.65. The zero-order valence-electron chi connectivity index (χ0n) is 14.7. The third kappa shape index (κ3) is 3.22. The maximum Gasteiger partial charge on any atom is 0.220 e. The van der Waals surface area contributed by atoms with Gasteiger partial charge in [0.25, 0.3) is 0 Å². The molecule has 6 nitrogen and oxygen atoms in total. The maximum atomic E-state index is 5.78. The fourth-order valence-electron chi connectivity index (χ4n) is 3.63. The highest BCUT2D eigenvalue weighted by molar-refractivity contribution is 5.78. The number of hydrogen-bond donors (Lipinski definition) is 1. The molecular formula is C20H22N6. The van der Waals surface area contributed by atoms with Crippen LogP contribution in [0.2, 0.25) is 0 Å². The summed E-state index contributed by atoms with van der Waals surface area (Å²) >= 11 is 0. The molecule has 0 amide bonds. The van der Waals surface area contributed by atoms with Crippen molar-refractivity contribution in [2.45, 2.75) is 18.5 Å². The molecule has 0 fully saturated rings. The van der Waals surface area contributed by atoms with Gasteiger partial charge in [-0.2, -0.15) is 0 Å². The molecule has 0 saturated carbocycles. The SMILES string of the molecule is CN(CCc1ccccc1)C1=CC=NC2N=CC(c3ccnc(N)n3)C12. The molecular weight excluding hydrogens is 324 g/mol. The zero-order chi connectivity index (χ0) is 17.9. The highest BCUT2D eigenvalue weighted by Gasteiger charge is 2.39. The Balaban J connectivity index is 1.53. The maximum absolute atomic E-state index is 5.78. The van der Waals surface area contributed by atoms with Gasteiger partial charge in [0.2, 0.25) is 5.95 Å². The van der Waals surface area contributed by atoms with Crippen molar-refractivity contribution in [3.8, 4) is 0 Å². The van der Waals surface area contributed by atoms with E-state index >= 15 is 0 Å². The van der Waals surface area contributed by atoms with Crippen LogP contribution in [0.4, 0.5) is 5.95 Å². The van der Waals surface area contributed by atoms with Gasteiger partial charge in [-0.15, -0.1) is 0 Å². The van der Waals surface area contributed by atoms with Crippen molar-refractivity contribution in [2.75, 3.05) is 19.3 Å². The number of likely N-dealkylation sites (N-methyl/N-ethyl adjacent to an activating group) is 1. The molecule has 2 aromatic rings. The first-order chi connectivity index (χ1) is 12.7. The summed E-state index contributed by atoms with van der Waals surface area (Å²) in [5, 5.41) is 0. The van der Waals surface area contributed by atoms with Gasteiger partial charge < -0.3 is 10.6 Å². The Morgan fingerprint density at radius 2 is 1.96 bits per heavy atom. The van der Waals surface area contributed by atoms with Crippen molar-refractivity contribution in [1.82, 2.24) is 14.9 Å². The molecule has 3 heterocycles. The van der Waals surface area contributed by atoms with Gasteiger partial charge in [0, 0.05) is 43.8 Å². The van der Waals surface area contributed by atoms with Crippen molar-refractivity contribution in [3.05, 3.63) is 65.6 Å². The topological polar surface area (TPSA) is 79.8 Å². The predicted molar refractivity (Wildman–Crippen MR) is 104 cm³/mol. The van der Waals surface area contributed by atoms with E-state index in [9.17, 15) is 0 Å². The van der Waals surface area contributed by atoms with E-state index in [0.29, 0.717) is 5.95 Å².